The molecular weight excluding hydrogens is 244 g/mol. The Kier molecular flexibility index (Phi) is 3.77. The number of hydrogen-bond acceptors (Lipinski definition) is 3. The molecule has 0 amide bonds. The summed E-state index contributed by atoms with van der Waals surface area (Å²) in [6.07, 6.45) is 5.29. The van der Waals surface area contributed by atoms with Crippen LogP contribution in [0.4, 0.5) is 0 Å². The summed E-state index contributed by atoms with van der Waals surface area (Å²) in [5, 5.41) is 4.27. The van der Waals surface area contributed by atoms with E-state index in [4.69, 9.17) is 0 Å². The Labute approximate surface area is 111 Å². The molecule has 0 N–H and O–H groups in total. The predicted octanol–water partition coefficient (Wildman–Crippen LogP) is 3.48. The van der Waals surface area contributed by atoms with Crippen LogP contribution in [0.15, 0.2) is 24.4 Å². The molecule has 0 radical (unpaired) electrons. The summed E-state index contributed by atoms with van der Waals surface area (Å²) in [6, 6.07) is 4.07. The number of hydrogen-bond donors (Lipinski definition) is 0. The Hall–Kier alpha value is -1.68. The Morgan fingerprint density at radius 1 is 1.44 bits per heavy atom. The van der Waals surface area contributed by atoms with Crippen molar-refractivity contribution in [2.75, 3.05) is 0 Å². The first-order chi connectivity index (χ1) is 8.60. The Morgan fingerprint density at radius 2 is 2.22 bits per heavy atom. The fourth-order valence-corrected chi connectivity index (χ4v) is 2.49. The fraction of sp³-hybridized carbons (Fsp3) is 0.286. The summed E-state index contributed by atoms with van der Waals surface area (Å²) < 4.78 is 1.78. The molecule has 3 nitrogen and oxygen atoms in total. The molecule has 0 aliphatic rings. The summed E-state index contributed by atoms with van der Waals surface area (Å²) in [5.74, 6) is 0.0123. The summed E-state index contributed by atoms with van der Waals surface area (Å²) in [6.45, 7) is 6.70. The molecule has 0 aliphatic heterocycles. The molecule has 0 atom stereocenters. The van der Waals surface area contributed by atoms with Crippen LogP contribution in [-0.2, 0) is 6.54 Å². The fourth-order valence-electron chi connectivity index (χ4n) is 1.71. The molecule has 0 aliphatic carbocycles. The second kappa shape index (κ2) is 5.31. The average molecular weight is 260 g/mol. The Balaban J connectivity index is 2.16. The summed E-state index contributed by atoms with van der Waals surface area (Å²) >= 11 is 1.68. The van der Waals surface area contributed by atoms with Crippen LogP contribution in [0.25, 0.3) is 6.08 Å². The van der Waals surface area contributed by atoms with E-state index in [9.17, 15) is 4.79 Å². The number of nitrogens with zero attached hydrogens (tertiary/aromatic N) is 2. The van der Waals surface area contributed by atoms with Crippen LogP contribution in [0, 0.1) is 13.8 Å². The van der Waals surface area contributed by atoms with E-state index in [1.54, 1.807) is 22.1 Å². The lowest BCUT2D eigenvalue weighted by molar-refractivity contribution is 0.104. The van der Waals surface area contributed by atoms with Crippen LogP contribution in [-0.4, -0.2) is 15.6 Å². The van der Waals surface area contributed by atoms with E-state index in [2.05, 4.69) is 18.1 Å². The molecule has 2 aromatic heterocycles. The number of carbonyl (C=O) groups excluding carboxylic acids is 1. The number of rotatable bonds is 4. The van der Waals surface area contributed by atoms with Crippen LogP contribution in [0.5, 0.6) is 0 Å². The zero-order chi connectivity index (χ0) is 13.1. The zero-order valence-corrected chi connectivity index (χ0v) is 11.6. The maximum absolute atomic E-state index is 12.0. The van der Waals surface area contributed by atoms with Crippen LogP contribution in [0.2, 0.25) is 0 Å². The Bertz CT molecular complexity index is 593. The monoisotopic (exact) mass is 260 g/mol. The molecule has 0 aromatic carbocycles. The first-order valence-corrected chi connectivity index (χ1v) is 6.74. The molecule has 94 valence electrons. The first kappa shape index (κ1) is 12.8. The molecule has 4 heteroatoms. The smallest absolute Gasteiger partial charge is 0.189 e. The molecular formula is C14H16N2OS. The summed E-state index contributed by atoms with van der Waals surface area (Å²) in [4.78, 5) is 14.4. The third-order valence-corrected chi connectivity index (χ3v) is 3.66. The molecule has 2 aromatic rings. The van der Waals surface area contributed by atoms with Gasteiger partial charge in [-0.1, -0.05) is 0 Å². The van der Waals surface area contributed by atoms with Gasteiger partial charge in [0.15, 0.2) is 5.78 Å². The summed E-state index contributed by atoms with van der Waals surface area (Å²) in [7, 11) is 0. The quantitative estimate of drug-likeness (QED) is 0.623. The van der Waals surface area contributed by atoms with Crippen molar-refractivity contribution < 1.29 is 4.79 Å². The highest BCUT2D eigenvalue weighted by atomic mass is 32.1. The topological polar surface area (TPSA) is 34.9 Å². The van der Waals surface area contributed by atoms with Crippen molar-refractivity contribution in [2.45, 2.75) is 27.3 Å². The van der Waals surface area contributed by atoms with Gasteiger partial charge in [-0.05, 0) is 45.1 Å². The third kappa shape index (κ3) is 2.76. The highest BCUT2D eigenvalue weighted by Crippen LogP contribution is 2.17. The van der Waals surface area contributed by atoms with E-state index >= 15 is 0 Å². The highest BCUT2D eigenvalue weighted by Gasteiger charge is 2.10. The molecule has 0 saturated heterocycles. The highest BCUT2D eigenvalue weighted by molar-refractivity contribution is 7.12. The molecule has 2 rings (SSSR count). The van der Waals surface area contributed by atoms with Gasteiger partial charge >= 0.3 is 0 Å². The molecule has 0 spiro atoms. The SMILES string of the molecule is CCn1cc(C(=O)/C=C/c2ccc(C)s2)c(C)n1. The number of aromatic nitrogens is 2. The number of aryl methyl sites for hydroxylation is 3. The van der Waals surface area contributed by atoms with E-state index in [1.807, 2.05) is 32.2 Å². The van der Waals surface area contributed by atoms with E-state index in [1.165, 1.54) is 4.88 Å². The van der Waals surface area contributed by atoms with Gasteiger partial charge in [0.05, 0.1) is 11.3 Å². The maximum atomic E-state index is 12.0. The number of allylic oxidation sites excluding steroid dienone is 1. The van der Waals surface area contributed by atoms with Crippen molar-refractivity contribution in [3.05, 3.63) is 45.4 Å². The molecule has 0 fully saturated rings. The van der Waals surface area contributed by atoms with Crippen LogP contribution in [0.1, 0.15) is 32.7 Å². The largest absolute Gasteiger partial charge is 0.289 e. The molecule has 0 unspecified atom stereocenters. The van der Waals surface area contributed by atoms with Crippen molar-refractivity contribution in [3.8, 4) is 0 Å². The van der Waals surface area contributed by atoms with Crippen molar-refractivity contribution in [2.24, 2.45) is 0 Å². The minimum absolute atomic E-state index is 0.0123. The molecule has 18 heavy (non-hydrogen) atoms. The maximum Gasteiger partial charge on any atom is 0.189 e. The van der Waals surface area contributed by atoms with E-state index in [0.29, 0.717) is 5.56 Å². The van der Waals surface area contributed by atoms with Gasteiger partial charge in [0.1, 0.15) is 0 Å². The third-order valence-electron chi connectivity index (χ3n) is 2.70. The number of ketones is 1. The van der Waals surface area contributed by atoms with Gasteiger partial charge < -0.3 is 0 Å². The minimum atomic E-state index is 0.0123. The second-order valence-corrected chi connectivity index (χ2v) is 5.45. The first-order valence-electron chi connectivity index (χ1n) is 5.93. The second-order valence-electron chi connectivity index (χ2n) is 4.13. The standard InChI is InChI=1S/C14H16N2OS/c1-4-16-9-13(11(3)15-16)14(17)8-7-12-6-5-10(2)18-12/h5-9H,4H2,1-3H3/b8-7+. The average Bonchev–Trinajstić information content (AvgIpc) is 2.92. The van der Waals surface area contributed by atoms with Gasteiger partial charge in [0.25, 0.3) is 0 Å². The van der Waals surface area contributed by atoms with Gasteiger partial charge in [0.2, 0.25) is 0 Å². The van der Waals surface area contributed by atoms with Crippen molar-refractivity contribution in [1.82, 2.24) is 9.78 Å². The van der Waals surface area contributed by atoms with Gasteiger partial charge in [0, 0.05) is 22.5 Å². The lowest BCUT2D eigenvalue weighted by atomic mass is 10.1. The van der Waals surface area contributed by atoms with Crippen LogP contribution in [0.3, 0.4) is 0 Å². The number of thiophene rings is 1. The van der Waals surface area contributed by atoms with E-state index in [0.717, 1.165) is 17.1 Å². The van der Waals surface area contributed by atoms with E-state index < -0.39 is 0 Å². The summed E-state index contributed by atoms with van der Waals surface area (Å²) in [5.41, 5.74) is 1.47. The van der Waals surface area contributed by atoms with Gasteiger partial charge in [-0.3, -0.25) is 9.48 Å². The predicted molar refractivity (Wildman–Crippen MR) is 75.1 cm³/mol. The van der Waals surface area contributed by atoms with Crippen molar-refractivity contribution in [1.29, 1.82) is 0 Å². The lowest BCUT2D eigenvalue weighted by Gasteiger charge is -1.91. The minimum Gasteiger partial charge on any atom is -0.289 e. The number of carbonyl (C=O) groups is 1. The molecule has 0 bridgehead atoms. The van der Waals surface area contributed by atoms with Crippen LogP contribution < -0.4 is 0 Å². The van der Waals surface area contributed by atoms with E-state index in [-0.39, 0.29) is 5.78 Å². The molecule has 2 heterocycles. The lowest BCUT2D eigenvalue weighted by Crippen LogP contribution is -1.94. The normalized spacial score (nSPS) is 11.3. The van der Waals surface area contributed by atoms with Crippen LogP contribution >= 0.6 is 11.3 Å². The van der Waals surface area contributed by atoms with Crippen molar-refractivity contribution >= 4 is 23.2 Å². The van der Waals surface area contributed by atoms with Gasteiger partial charge in [-0.2, -0.15) is 5.10 Å². The Morgan fingerprint density at radius 3 is 2.78 bits per heavy atom. The zero-order valence-electron chi connectivity index (χ0n) is 10.8. The van der Waals surface area contributed by atoms with Gasteiger partial charge in [-0.25, -0.2) is 0 Å². The van der Waals surface area contributed by atoms with Crippen molar-refractivity contribution in [3.63, 3.8) is 0 Å². The van der Waals surface area contributed by atoms with Gasteiger partial charge in [-0.15, -0.1) is 11.3 Å². The molecule has 0 saturated carbocycles.